The van der Waals surface area contributed by atoms with E-state index in [0.717, 1.165) is 41.5 Å². The second-order valence-electron chi connectivity index (χ2n) is 24.4. The van der Waals surface area contributed by atoms with Crippen molar-refractivity contribution in [2.45, 2.75) is 244 Å². The molecular weight excluding hydrogens is 995 g/mol. The highest BCUT2D eigenvalue weighted by atomic mass is 28.4. The molecule has 426 valence electrons. The van der Waals surface area contributed by atoms with Crippen molar-refractivity contribution < 1.29 is 37.3 Å². The highest BCUT2D eigenvalue weighted by Crippen LogP contribution is 2.42. The largest absolute Gasteiger partial charge is 0.411 e. The summed E-state index contributed by atoms with van der Waals surface area (Å²) >= 11 is 0. The van der Waals surface area contributed by atoms with Gasteiger partial charge in [0.1, 0.15) is 24.4 Å². The van der Waals surface area contributed by atoms with Gasteiger partial charge in [-0.15, -0.1) is 0 Å². The van der Waals surface area contributed by atoms with Crippen LogP contribution in [0.3, 0.4) is 0 Å². The molecule has 5 rings (SSSR count). The lowest BCUT2D eigenvalue weighted by molar-refractivity contribution is -0.329. The van der Waals surface area contributed by atoms with Crippen molar-refractivity contribution in [3.63, 3.8) is 0 Å². The van der Waals surface area contributed by atoms with Crippen LogP contribution in [0.4, 0.5) is 0 Å². The lowest BCUT2D eigenvalue weighted by Gasteiger charge is -2.47. The fraction of sp³-hybridized carbons (Fsp3) is 0.625. The van der Waals surface area contributed by atoms with Crippen LogP contribution in [0.2, 0.25) is 36.3 Å². The highest BCUT2D eigenvalue weighted by molar-refractivity contribution is 6.74. The van der Waals surface area contributed by atoms with Crippen LogP contribution in [0.5, 0.6) is 0 Å². The molecule has 4 aromatic carbocycles. The lowest BCUT2D eigenvalue weighted by Crippen LogP contribution is -2.62. The molecule has 0 unspecified atom stereocenters. The summed E-state index contributed by atoms with van der Waals surface area (Å²) in [5, 5.41) is 4.39. The van der Waals surface area contributed by atoms with E-state index in [1.54, 1.807) is 0 Å². The number of hydrogen-bond acceptors (Lipinski definition) is 9. The van der Waals surface area contributed by atoms with Crippen LogP contribution in [0.1, 0.15) is 154 Å². The van der Waals surface area contributed by atoms with Gasteiger partial charge in [0.15, 0.2) is 22.9 Å². The van der Waals surface area contributed by atoms with Gasteiger partial charge in [0.05, 0.1) is 57.9 Å². The van der Waals surface area contributed by atoms with Gasteiger partial charge in [-0.25, -0.2) is 0 Å². The number of ether oxygens (including phenoxy) is 6. The van der Waals surface area contributed by atoms with Crippen LogP contribution in [-0.4, -0.2) is 78.8 Å². The van der Waals surface area contributed by atoms with Gasteiger partial charge in [0.2, 0.25) is 0 Å². The van der Waals surface area contributed by atoms with Gasteiger partial charge in [-0.2, -0.15) is 0 Å². The summed E-state index contributed by atoms with van der Waals surface area (Å²) in [5.74, 6) is 0. The van der Waals surface area contributed by atoms with Crippen LogP contribution < -0.4 is 0 Å². The quantitative estimate of drug-likeness (QED) is 0.0145. The minimum absolute atomic E-state index is 0.0203. The first-order valence-corrected chi connectivity index (χ1v) is 35.0. The normalized spacial score (nSPS) is 19.6. The molecule has 11 nitrogen and oxygen atoms in total. The van der Waals surface area contributed by atoms with E-state index < -0.39 is 59.5 Å². The second kappa shape index (κ2) is 33.2. The van der Waals surface area contributed by atoms with Crippen LogP contribution in [0.25, 0.3) is 10.4 Å². The summed E-state index contributed by atoms with van der Waals surface area (Å²) in [6.07, 6.45) is 11.2. The SMILES string of the molecule is CCCCCCCCCCCCCC[C@@H](O[Si](C)(C)C(C)(C)C)[C@@H](O[Si](C)(C)C(C)(C)C)[C@H](CO[C@H]1O[C@H](COCc2ccccc2)[C@H](OCc2ccccc2)[C@H](OCc2ccccc2)[C@H]1OCc1ccccc1)N=[N+]=[N-]. The molecule has 8 atom stereocenters. The monoisotopic (exact) mass is 1090 g/mol. The second-order valence-corrected chi connectivity index (χ2v) is 33.9. The maximum absolute atomic E-state index is 10.5. The zero-order chi connectivity index (χ0) is 55.6. The van der Waals surface area contributed by atoms with Crippen molar-refractivity contribution in [1.29, 1.82) is 0 Å². The lowest BCUT2D eigenvalue weighted by atomic mass is 9.97. The van der Waals surface area contributed by atoms with Crippen molar-refractivity contribution in [3.05, 3.63) is 154 Å². The van der Waals surface area contributed by atoms with Gasteiger partial charge in [0.25, 0.3) is 0 Å². The van der Waals surface area contributed by atoms with E-state index in [9.17, 15) is 5.53 Å². The fourth-order valence-electron chi connectivity index (χ4n) is 9.29. The van der Waals surface area contributed by atoms with E-state index in [-0.39, 0.29) is 36.0 Å². The Balaban J connectivity index is 1.51. The van der Waals surface area contributed by atoms with E-state index >= 15 is 0 Å². The summed E-state index contributed by atoms with van der Waals surface area (Å²) < 4.78 is 56.8. The van der Waals surface area contributed by atoms with E-state index in [4.69, 9.17) is 37.3 Å². The molecule has 0 aromatic heterocycles. The van der Waals surface area contributed by atoms with E-state index in [1.165, 1.54) is 64.2 Å². The molecule has 0 amide bonds. The van der Waals surface area contributed by atoms with Crippen molar-refractivity contribution in [2.24, 2.45) is 5.11 Å². The Hall–Kier alpha value is -3.70. The fourth-order valence-corrected chi connectivity index (χ4v) is 12.0. The smallest absolute Gasteiger partial charge is 0.192 e. The third-order valence-electron chi connectivity index (χ3n) is 16.0. The third kappa shape index (κ3) is 22.1. The van der Waals surface area contributed by atoms with Gasteiger partial charge in [-0.05, 0) is 70.5 Å². The molecule has 0 saturated carbocycles. The standard InChI is InChI=1S/C64H99N3O8Si2/c1-12-13-14-15-16-17-18-19-20-21-22-35-44-56(74-76(8,9)63(2,3)4)58(75-77(10,11)64(5,6)7)55(66-67-65)49-72-62-61(71-48-54-42-33-26-34-43-54)60(70-47-53-40-31-25-32-41-53)59(69-46-52-38-29-24-30-39-52)57(73-62)50-68-45-51-36-27-23-28-37-51/h23-34,36-43,55-62H,12-22,35,44-50H2,1-11H3/t55-,56+,57+,58-,59-,60-,61+,62-/m0/s1. The van der Waals surface area contributed by atoms with Crippen LogP contribution in [0.15, 0.2) is 126 Å². The summed E-state index contributed by atoms with van der Waals surface area (Å²) in [6.45, 7) is 26.4. The summed E-state index contributed by atoms with van der Waals surface area (Å²) in [4.78, 5) is 3.53. The molecule has 0 spiro atoms. The number of nitrogens with zero attached hydrogens (tertiary/aromatic N) is 3. The Morgan fingerprint density at radius 2 is 0.922 bits per heavy atom. The number of hydrogen-bond donors (Lipinski definition) is 0. The predicted octanol–water partition coefficient (Wildman–Crippen LogP) is 17.3. The molecule has 1 saturated heterocycles. The maximum atomic E-state index is 10.5. The average molecular weight is 1090 g/mol. The Bertz CT molecular complexity index is 2220. The van der Waals surface area contributed by atoms with Gasteiger partial charge in [-0.1, -0.05) is 252 Å². The maximum Gasteiger partial charge on any atom is 0.192 e. The van der Waals surface area contributed by atoms with Crippen molar-refractivity contribution in [2.75, 3.05) is 13.2 Å². The summed E-state index contributed by atoms with van der Waals surface area (Å²) in [7, 11) is -4.92. The molecule has 13 heteroatoms. The van der Waals surface area contributed by atoms with Crippen LogP contribution in [-0.2, 0) is 63.7 Å². The topological polar surface area (TPSA) is 123 Å². The number of benzene rings is 4. The van der Waals surface area contributed by atoms with Crippen molar-refractivity contribution in [3.8, 4) is 0 Å². The number of azide groups is 1. The first-order valence-electron chi connectivity index (χ1n) is 29.2. The first kappa shape index (κ1) is 64.1. The summed E-state index contributed by atoms with van der Waals surface area (Å²) in [5.41, 5.74) is 14.6. The van der Waals surface area contributed by atoms with Crippen molar-refractivity contribution in [1.82, 2.24) is 0 Å². The number of rotatable bonds is 36. The predicted molar refractivity (Wildman–Crippen MR) is 319 cm³/mol. The first-order chi connectivity index (χ1) is 36.9. The molecule has 1 aliphatic rings. The van der Waals surface area contributed by atoms with Gasteiger partial charge < -0.3 is 37.3 Å². The Kier molecular flexibility index (Phi) is 27.6. The van der Waals surface area contributed by atoms with Gasteiger partial charge in [0, 0.05) is 4.91 Å². The van der Waals surface area contributed by atoms with E-state index in [1.807, 2.05) is 84.9 Å². The molecule has 0 bridgehead atoms. The zero-order valence-corrected chi connectivity index (χ0v) is 51.2. The molecule has 1 aliphatic heterocycles. The minimum atomic E-state index is -2.53. The molecule has 0 N–H and O–H groups in total. The van der Waals surface area contributed by atoms with Crippen LogP contribution >= 0.6 is 0 Å². The molecule has 0 aliphatic carbocycles. The molecule has 77 heavy (non-hydrogen) atoms. The Labute approximate surface area is 467 Å². The third-order valence-corrected chi connectivity index (χ3v) is 25.0. The molecule has 4 aromatic rings. The molecule has 0 radical (unpaired) electrons. The number of unbranched alkanes of at least 4 members (excludes halogenated alkanes) is 11. The molecule has 1 fully saturated rings. The average Bonchev–Trinajstić information content (AvgIpc) is 3.41. The highest BCUT2D eigenvalue weighted by Gasteiger charge is 2.51. The van der Waals surface area contributed by atoms with Crippen molar-refractivity contribution >= 4 is 16.6 Å². The molecular formula is C64H99N3O8Si2. The van der Waals surface area contributed by atoms with Gasteiger partial charge >= 0.3 is 0 Å². The Morgan fingerprint density at radius 3 is 1.36 bits per heavy atom. The zero-order valence-electron chi connectivity index (χ0n) is 49.2. The van der Waals surface area contributed by atoms with E-state index in [2.05, 4.69) is 121 Å². The van der Waals surface area contributed by atoms with E-state index in [0.29, 0.717) is 19.8 Å². The van der Waals surface area contributed by atoms with Gasteiger partial charge in [-0.3, -0.25) is 0 Å². The molecule has 1 heterocycles. The minimum Gasteiger partial charge on any atom is -0.411 e. The van der Waals surface area contributed by atoms with Crippen LogP contribution in [0, 0.1) is 0 Å². The Morgan fingerprint density at radius 1 is 0.519 bits per heavy atom. The summed E-state index contributed by atoms with van der Waals surface area (Å²) in [6, 6.07) is 39.7.